The lowest BCUT2D eigenvalue weighted by atomic mass is 10.0. The average Bonchev–Trinajstić information content (AvgIpc) is 2.34. The highest BCUT2D eigenvalue weighted by atomic mass is 16.5. The van der Waals surface area contributed by atoms with Gasteiger partial charge in [-0.1, -0.05) is 0 Å². The molecule has 1 saturated heterocycles. The highest BCUT2D eigenvalue weighted by Crippen LogP contribution is 2.13. The third-order valence-electron chi connectivity index (χ3n) is 3.65. The van der Waals surface area contributed by atoms with Crippen LogP contribution in [-0.4, -0.2) is 76.4 Å². The lowest BCUT2D eigenvalue weighted by Gasteiger charge is -2.35. The molecule has 1 N–H and O–H groups in total. The van der Waals surface area contributed by atoms with Gasteiger partial charge in [-0.25, -0.2) is 0 Å². The molecule has 0 atom stereocenters. The van der Waals surface area contributed by atoms with E-state index in [0.29, 0.717) is 0 Å². The Bertz CT molecular complexity index is 182. The molecule has 0 radical (unpaired) electrons. The summed E-state index contributed by atoms with van der Waals surface area (Å²) in [6.45, 7) is 6.66. The lowest BCUT2D eigenvalue weighted by Crippen LogP contribution is -2.44. The minimum Gasteiger partial charge on any atom is -0.385 e. The van der Waals surface area contributed by atoms with Gasteiger partial charge in [-0.3, -0.25) is 0 Å². The first-order valence-corrected chi connectivity index (χ1v) is 6.82. The number of methoxy groups -OCH3 is 1. The van der Waals surface area contributed by atoms with E-state index in [4.69, 9.17) is 4.74 Å². The summed E-state index contributed by atoms with van der Waals surface area (Å²) >= 11 is 0. The molecule has 1 heterocycles. The highest BCUT2D eigenvalue weighted by Gasteiger charge is 2.19. The zero-order chi connectivity index (χ0) is 12.5. The summed E-state index contributed by atoms with van der Waals surface area (Å²) in [6.07, 6.45) is 3.74. The molecule has 1 fully saturated rings. The molecule has 0 amide bonds. The molecular formula is C13H29N3O. The Morgan fingerprint density at radius 3 is 2.65 bits per heavy atom. The Balaban J connectivity index is 1.99. The van der Waals surface area contributed by atoms with Gasteiger partial charge >= 0.3 is 0 Å². The molecule has 1 rings (SSSR count). The third kappa shape index (κ3) is 6.36. The predicted molar refractivity (Wildman–Crippen MR) is 72.5 cm³/mol. The minimum absolute atomic E-state index is 0.784. The van der Waals surface area contributed by atoms with E-state index in [1.165, 1.54) is 25.9 Å². The van der Waals surface area contributed by atoms with Gasteiger partial charge < -0.3 is 19.9 Å². The molecule has 0 bridgehead atoms. The quantitative estimate of drug-likeness (QED) is 0.633. The molecule has 17 heavy (non-hydrogen) atoms. The van der Waals surface area contributed by atoms with Gasteiger partial charge in [0.2, 0.25) is 0 Å². The van der Waals surface area contributed by atoms with Crippen LogP contribution in [0.1, 0.15) is 19.3 Å². The van der Waals surface area contributed by atoms with Crippen LogP contribution < -0.4 is 5.32 Å². The standard InChI is InChI=1S/C13H29N3O/c1-15-9-5-13(6-10-15)16(2)11-8-14-7-4-12-17-3/h13-14H,4-12H2,1-3H3. The van der Waals surface area contributed by atoms with Gasteiger partial charge in [0.15, 0.2) is 0 Å². The van der Waals surface area contributed by atoms with Gasteiger partial charge in [0, 0.05) is 32.8 Å². The second-order valence-corrected chi connectivity index (χ2v) is 5.11. The van der Waals surface area contributed by atoms with Crippen LogP contribution in [-0.2, 0) is 4.74 Å². The van der Waals surface area contributed by atoms with Crippen molar-refractivity contribution in [2.75, 3.05) is 60.5 Å². The van der Waals surface area contributed by atoms with Crippen molar-refractivity contribution in [3.05, 3.63) is 0 Å². The molecular weight excluding hydrogens is 214 g/mol. The summed E-state index contributed by atoms with van der Waals surface area (Å²) in [4.78, 5) is 4.93. The smallest absolute Gasteiger partial charge is 0.0474 e. The maximum absolute atomic E-state index is 5.02. The molecule has 0 saturated carbocycles. The molecule has 102 valence electrons. The molecule has 1 aliphatic rings. The maximum Gasteiger partial charge on any atom is 0.0474 e. The van der Waals surface area contributed by atoms with E-state index in [9.17, 15) is 0 Å². The van der Waals surface area contributed by atoms with E-state index in [1.54, 1.807) is 7.11 Å². The Kier molecular flexibility index (Phi) is 7.77. The zero-order valence-corrected chi connectivity index (χ0v) is 11.7. The van der Waals surface area contributed by atoms with Gasteiger partial charge in [0.25, 0.3) is 0 Å². The first kappa shape index (κ1) is 14.9. The fourth-order valence-electron chi connectivity index (χ4n) is 2.34. The molecule has 4 nitrogen and oxygen atoms in total. The second kappa shape index (κ2) is 8.86. The van der Waals surface area contributed by atoms with E-state index in [1.807, 2.05) is 0 Å². The summed E-state index contributed by atoms with van der Waals surface area (Å²) in [5.74, 6) is 0. The number of likely N-dealkylation sites (tertiary alicyclic amines) is 1. The van der Waals surface area contributed by atoms with Gasteiger partial charge in [-0.15, -0.1) is 0 Å². The van der Waals surface area contributed by atoms with Gasteiger partial charge in [0.05, 0.1) is 0 Å². The Morgan fingerprint density at radius 1 is 1.29 bits per heavy atom. The third-order valence-corrected chi connectivity index (χ3v) is 3.65. The average molecular weight is 243 g/mol. The number of rotatable bonds is 8. The van der Waals surface area contributed by atoms with E-state index in [-0.39, 0.29) is 0 Å². The summed E-state index contributed by atoms with van der Waals surface area (Å²) in [7, 11) is 6.23. The summed E-state index contributed by atoms with van der Waals surface area (Å²) in [5.41, 5.74) is 0. The lowest BCUT2D eigenvalue weighted by molar-refractivity contribution is 0.144. The van der Waals surface area contributed by atoms with Crippen LogP contribution in [0.5, 0.6) is 0 Å². The number of piperidine rings is 1. The van der Waals surface area contributed by atoms with E-state index in [0.717, 1.165) is 38.7 Å². The van der Waals surface area contributed by atoms with Crippen LogP contribution in [0.25, 0.3) is 0 Å². The van der Waals surface area contributed by atoms with Crippen LogP contribution in [0.15, 0.2) is 0 Å². The molecule has 1 aliphatic heterocycles. The number of hydrogen-bond donors (Lipinski definition) is 1. The zero-order valence-electron chi connectivity index (χ0n) is 11.7. The van der Waals surface area contributed by atoms with Crippen LogP contribution in [0.2, 0.25) is 0 Å². The van der Waals surface area contributed by atoms with Crippen molar-refractivity contribution in [1.82, 2.24) is 15.1 Å². The van der Waals surface area contributed by atoms with Crippen molar-refractivity contribution in [1.29, 1.82) is 0 Å². The summed E-state index contributed by atoms with van der Waals surface area (Å²) in [5, 5.41) is 3.47. The second-order valence-electron chi connectivity index (χ2n) is 5.11. The SMILES string of the molecule is COCCCNCCN(C)C1CCN(C)CC1. The molecule has 0 aromatic rings. The minimum atomic E-state index is 0.784. The van der Waals surface area contributed by atoms with Crippen molar-refractivity contribution in [2.45, 2.75) is 25.3 Å². The van der Waals surface area contributed by atoms with Crippen molar-refractivity contribution < 1.29 is 4.74 Å². The number of nitrogens with one attached hydrogen (secondary N) is 1. The van der Waals surface area contributed by atoms with E-state index >= 15 is 0 Å². The maximum atomic E-state index is 5.02. The fourth-order valence-corrected chi connectivity index (χ4v) is 2.34. The molecule has 0 aliphatic carbocycles. The van der Waals surface area contributed by atoms with Crippen LogP contribution in [0.3, 0.4) is 0 Å². The first-order valence-electron chi connectivity index (χ1n) is 6.82. The van der Waals surface area contributed by atoms with Gasteiger partial charge in [0.1, 0.15) is 0 Å². The van der Waals surface area contributed by atoms with Gasteiger partial charge in [-0.2, -0.15) is 0 Å². The van der Waals surface area contributed by atoms with Crippen LogP contribution >= 0.6 is 0 Å². The largest absolute Gasteiger partial charge is 0.385 e. The number of ether oxygens (including phenoxy) is 1. The molecule has 0 spiro atoms. The number of nitrogens with zero attached hydrogens (tertiary/aromatic N) is 2. The van der Waals surface area contributed by atoms with Gasteiger partial charge in [-0.05, 0) is 53.0 Å². The highest BCUT2D eigenvalue weighted by molar-refractivity contribution is 4.76. The first-order chi connectivity index (χ1) is 8.24. The van der Waals surface area contributed by atoms with Crippen molar-refractivity contribution in [2.24, 2.45) is 0 Å². The Morgan fingerprint density at radius 2 is 2.00 bits per heavy atom. The molecule has 0 aromatic heterocycles. The molecule has 0 unspecified atom stereocenters. The number of likely N-dealkylation sites (N-methyl/N-ethyl adjacent to an activating group) is 1. The summed E-state index contributed by atoms with van der Waals surface area (Å²) < 4.78 is 5.02. The van der Waals surface area contributed by atoms with Crippen molar-refractivity contribution >= 4 is 0 Å². The number of hydrogen-bond acceptors (Lipinski definition) is 4. The van der Waals surface area contributed by atoms with Crippen LogP contribution in [0, 0.1) is 0 Å². The Hall–Kier alpha value is -0.160. The Labute approximate surface area is 106 Å². The van der Waals surface area contributed by atoms with Crippen molar-refractivity contribution in [3.8, 4) is 0 Å². The van der Waals surface area contributed by atoms with E-state index < -0.39 is 0 Å². The molecule has 0 aromatic carbocycles. The normalized spacial score (nSPS) is 19.1. The fraction of sp³-hybridized carbons (Fsp3) is 1.00. The summed E-state index contributed by atoms with van der Waals surface area (Å²) in [6, 6.07) is 0.784. The topological polar surface area (TPSA) is 27.7 Å². The predicted octanol–water partition coefficient (Wildman–Crippen LogP) is 0.639. The monoisotopic (exact) mass is 243 g/mol. The molecule has 4 heteroatoms. The van der Waals surface area contributed by atoms with E-state index in [2.05, 4.69) is 29.2 Å². The van der Waals surface area contributed by atoms with Crippen LogP contribution in [0.4, 0.5) is 0 Å². The van der Waals surface area contributed by atoms with Crippen molar-refractivity contribution in [3.63, 3.8) is 0 Å².